The maximum Gasteiger partial charge on any atom is 0.254 e. The number of hydrogen-bond acceptors (Lipinski definition) is 2. The molecule has 1 amide bonds. The zero-order valence-electron chi connectivity index (χ0n) is 14.7. The Bertz CT molecular complexity index is 792. The van der Waals surface area contributed by atoms with Crippen LogP contribution >= 0.6 is 22.6 Å². The topological polar surface area (TPSA) is 38.1 Å². The summed E-state index contributed by atoms with van der Waals surface area (Å²) < 4.78 is 3.13. The van der Waals surface area contributed by atoms with E-state index in [0.29, 0.717) is 12.6 Å². The van der Waals surface area contributed by atoms with Crippen molar-refractivity contribution in [2.75, 3.05) is 0 Å². The van der Waals surface area contributed by atoms with Crippen molar-refractivity contribution in [3.63, 3.8) is 0 Å². The summed E-state index contributed by atoms with van der Waals surface area (Å²) >= 11 is 2.27. The Morgan fingerprint density at radius 1 is 1.28 bits per heavy atom. The van der Waals surface area contributed by atoms with Gasteiger partial charge in [-0.2, -0.15) is 5.10 Å². The Hall–Kier alpha value is -1.37. The number of rotatable bonds is 4. The van der Waals surface area contributed by atoms with Crippen LogP contribution in [0.15, 0.2) is 24.3 Å². The summed E-state index contributed by atoms with van der Waals surface area (Å²) in [5.74, 6) is 0.155. The highest BCUT2D eigenvalue weighted by Crippen LogP contribution is 2.30. The highest BCUT2D eigenvalue weighted by molar-refractivity contribution is 14.1. The van der Waals surface area contributed by atoms with E-state index in [2.05, 4.69) is 27.5 Å². The van der Waals surface area contributed by atoms with Gasteiger partial charge in [0.25, 0.3) is 5.91 Å². The van der Waals surface area contributed by atoms with Crippen molar-refractivity contribution in [1.82, 2.24) is 14.7 Å². The molecule has 2 aliphatic carbocycles. The van der Waals surface area contributed by atoms with Crippen molar-refractivity contribution in [2.45, 2.75) is 57.5 Å². The lowest BCUT2D eigenvalue weighted by Gasteiger charge is -2.29. The zero-order chi connectivity index (χ0) is 17.4. The normalized spacial score (nSPS) is 17.0. The van der Waals surface area contributed by atoms with Crippen LogP contribution in [-0.4, -0.2) is 26.6 Å². The molecular formula is C20H24IN3O. The third-order valence-corrected chi connectivity index (χ3v) is 6.29. The lowest BCUT2D eigenvalue weighted by molar-refractivity contribution is 0.0661. The van der Waals surface area contributed by atoms with Gasteiger partial charge in [-0.25, -0.2) is 0 Å². The molecule has 1 aromatic carbocycles. The first-order chi connectivity index (χ1) is 12.1. The van der Waals surface area contributed by atoms with Crippen molar-refractivity contribution in [1.29, 1.82) is 0 Å². The lowest BCUT2D eigenvalue weighted by Crippen LogP contribution is -2.38. The van der Waals surface area contributed by atoms with Crippen molar-refractivity contribution >= 4 is 28.5 Å². The fraction of sp³-hybridized carbons (Fsp3) is 0.500. The summed E-state index contributed by atoms with van der Waals surface area (Å²) in [6.07, 6.45) is 8.11. The summed E-state index contributed by atoms with van der Waals surface area (Å²) in [7, 11) is 2.04. The first-order valence-corrected chi connectivity index (χ1v) is 10.3. The summed E-state index contributed by atoms with van der Waals surface area (Å²) in [6.45, 7) is 0.651. The average molecular weight is 449 g/mol. The van der Waals surface area contributed by atoms with Crippen LogP contribution in [0.25, 0.3) is 0 Å². The number of halogens is 1. The number of fused-ring (bicyclic) bond motifs is 1. The second-order valence-electron chi connectivity index (χ2n) is 7.23. The minimum absolute atomic E-state index is 0.155. The molecule has 0 unspecified atom stereocenters. The van der Waals surface area contributed by atoms with Crippen molar-refractivity contribution < 1.29 is 4.79 Å². The van der Waals surface area contributed by atoms with E-state index in [9.17, 15) is 4.79 Å². The second kappa shape index (κ2) is 7.09. The maximum absolute atomic E-state index is 13.3. The first kappa shape index (κ1) is 17.1. The Balaban J connectivity index is 1.65. The Labute approximate surface area is 162 Å². The van der Waals surface area contributed by atoms with Crippen LogP contribution in [0.4, 0.5) is 0 Å². The van der Waals surface area contributed by atoms with Crippen LogP contribution in [0, 0.1) is 3.57 Å². The van der Waals surface area contributed by atoms with E-state index < -0.39 is 0 Å². The number of nitrogens with zero attached hydrogens (tertiary/aromatic N) is 3. The summed E-state index contributed by atoms with van der Waals surface area (Å²) in [5, 5.41) is 4.76. The van der Waals surface area contributed by atoms with Gasteiger partial charge >= 0.3 is 0 Å². The molecule has 5 heteroatoms. The molecular weight excluding hydrogens is 425 g/mol. The fourth-order valence-corrected chi connectivity index (χ4v) is 4.90. The molecule has 1 fully saturated rings. The van der Waals surface area contributed by atoms with Gasteiger partial charge in [0.15, 0.2) is 0 Å². The van der Waals surface area contributed by atoms with E-state index in [0.717, 1.165) is 40.5 Å². The van der Waals surface area contributed by atoms with Gasteiger partial charge in [0, 0.05) is 27.9 Å². The molecule has 25 heavy (non-hydrogen) atoms. The van der Waals surface area contributed by atoms with E-state index in [1.54, 1.807) is 0 Å². The highest BCUT2D eigenvalue weighted by Gasteiger charge is 2.30. The van der Waals surface area contributed by atoms with Crippen LogP contribution < -0.4 is 0 Å². The van der Waals surface area contributed by atoms with E-state index in [1.807, 2.05) is 36.0 Å². The number of aryl methyl sites for hydroxylation is 1. The zero-order valence-corrected chi connectivity index (χ0v) is 16.8. The van der Waals surface area contributed by atoms with E-state index >= 15 is 0 Å². The molecule has 1 aromatic heterocycles. The van der Waals surface area contributed by atoms with Crippen molar-refractivity contribution in [3.8, 4) is 0 Å². The maximum atomic E-state index is 13.3. The summed E-state index contributed by atoms with van der Waals surface area (Å²) in [6, 6.07) is 8.29. The molecule has 0 spiro atoms. The average Bonchev–Trinajstić information content (AvgIpc) is 3.33. The largest absolute Gasteiger partial charge is 0.330 e. The minimum atomic E-state index is 0.155. The number of carbonyl (C=O) groups is 1. The highest BCUT2D eigenvalue weighted by atomic mass is 127. The van der Waals surface area contributed by atoms with Crippen molar-refractivity contribution in [3.05, 3.63) is 50.4 Å². The molecule has 0 radical (unpaired) electrons. The Morgan fingerprint density at radius 2 is 2.08 bits per heavy atom. The molecule has 0 aliphatic heterocycles. The van der Waals surface area contributed by atoms with Crippen molar-refractivity contribution in [2.24, 2.45) is 7.05 Å². The third-order valence-electron chi connectivity index (χ3n) is 5.62. The summed E-state index contributed by atoms with van der Waals surface area (Å²) in [4.78, 5) is 15.4. The number of aromatic nitrogens is 2. The minimum Gasteiger partial charge on any atom is -0.330 e. The Morgan fingerprint density at radius 3 is 2.84 bits per heavy atom. The quantitative estimate of drug-likeness (QED) is 0.660. The molecule has 1 heterocycles. The van der Waals surface area contributed by atoms with Gasteiger partial charge < -0.3 is 4.90 Å². The summed E-state index contributed by atoms with van der Waals surface area (Å²) in [5.41, 5.74) is 4.66. The van der Waals surface area contributed by atoms with Crippen LogP contribution in [0.1, 0.15) is 59.4 Å². The molecule has 0 N–H and O–H groups in total. The predicted molar refractivity (Wildman–Crippen MR) is 107 cm³/mol. The van der Waals surface area contributed by atoms with Gasteiger partial charge in [-0.15, -0.1) is 0 Å². The van der Waals surface area contributed by atoms with Gasteiger partial charge in [-0.05, 0) is 78.5 Å². The van der Waals surface area contributed by atoms with Crippen LogP contribution in [0.2, 0.25) is 0 Å². The lowest BCUT2D eigenvalue weighted by atomic mass is 10.1. The molecule has 132 valence electrons. The molecule has 4 nitrogen and oxygen atoms in total. The van der Waals surface area contributed by atoms with Crippen LogP contribution in [0.5, 0.6) is 0 Å². The Kier molecular flexibility index (Phi) is 4.84. The van der Waals surface area contributed by atoms with E-state index in [4.69, 9.17) is 5.10 Å². The predicted octanol–water partition coefficient (Wildman–Crippen LogP) is 4.10. The van der Waals surface area contributed by atoms with Gasteiger partial charge in [-0.3, -0.25) is 9.48 Å². The SMILES string of the molecule is Cn1nc(CN(C(=O)c2cccc(I)c2)C2CCCC2)c2c1CCC2. The molecule has 0 atom stereocenters. The molecule has 0 bridgehead atoms. The second-order valence-corrected chi connectivity index (χ2v) is 8.48. The van der Waals surface area contributed by atoms with E-state index in [-0.39, 0.29) is 5.91 Å². The monoisotopic (exact) mass is 449 g/mol. The molecule has 0 saturated heterocycles. The third kappa shape index (κ3) is 3.35. The number of carbonyl (C=O) groups excluding carboxylic acids is 1. The van der Waals surface area contributed by atoms with Gasteiger partial charge in [-0.1, -0.05) is 18.9 Å². The fourth-order valence-electron chi connectivity index (χ4n) is 4.36. The first-order valence-electron chi connectivity index (χ1n) is 9.23. The molecule has 2 aromatic rings. The molecule has 2 aliphatic rings. The number of amides is 1. The standard InChI is InChI=1S/C20H24IN3O/c1-23-19-11-5-10-17(19)18(22-23)13-24(16-8-2-3-9-16)20(25)14-6-4-7-15(21)12-14/h4,6-7,12,16H,2-3,5,8-11,13H2,1H3. The van der Waals surface area contributed by atoms with Gasteiger partial charge in [0.05, 0.1) is 12.2 Å². The molecule has 1 saturated carbocycles. The van der Waals surface area contributed by atoms with E-state index in [1.165, 1.54) is 30.5 Å². The van der Waals surface area contributed by atoms with Gasteiger partial charge in [0.1, 0.15) is 0 Å². The number of hydrogen-bond donors (Lipinski definition) is 0. The van der Waals surface area contributed by atoms with Crippen LogP contribution in [0.3, 0.4) is 0 Å². The molecule has 4 rings (SSSR count). The van der Waals surface area contributed by atoms with Crippen LogP contribution in [-0.2, 0) is 26.4 Å². The number of benzene rings is 1. The smallest absolute Gasteiger partial charge is 0.254 e. The van der Waals surface area contributed by atoms with Gasteiger partial charge in [0.2, 0.25) is 0 Å².